The van der Waals surface area contributed by atoms with Crippen LogP contribution < -0.4 is 0 Å². The van der Waals surface area contributed by atoms with Gasteiger partial charge in [-0.2, -0.15) is 4.31 Å². The van der Waals surface area contributed by atoms with E-state index in [1.807, 2.05) is 0 Å². The van der Waals surface area contributed by atoms with Gasteiger partial charge in [-0.1, -0.05) is 17.8 Å². The number of aromatic nitrogens is 2. The molecule has 0 spiro atoms. The monoisotopic (exact) mass is 232 g/mol. The van der Waals surface area contributed by atoms with Crippen molar-refractivity contribution >= 4 is 21.4 Å². The van der Waals surface area contributed by atoms with Gasteiger partial charge in [0.25, 0.3) is 10.0 Å². The van der Waals surface area contributed by atoms with Crippen molar-refractivity contribution in [1.82, 2.24) is 14.5 Å². The molecule has 0 atom stereocenters. The van der Waals surface area contributed by atoms with E-state index in [4.69, 9.17) is 0 Å². The van der Waals surface area contributed by atoms with Gasteiger partial charge >= 0.3 is 0 Å². The fraction of sp³-hybridized carbons (Fsp3) is 0.714. The van der Waals surface area contributed by atoms with Gasteiger partial charge in [-0.05, 0) is 12.8 Å². The van der Waals surface area contributed by atoms with Gasteiger partial charge in [-0.25, -0.2) is 8.42 Å². The summed E-state index contributed by atoms with van der Waals surface area (Å²) in [6.45, 7) is 1.20. The predicted molar refractivity (Wildman–Crippen MR) is 51.4 cm³/mol. The highest BCUT2D eigenvalue weighted by Gasteiger charge is 2.28. The van der Waals surface area contributed by atoms with Crippen LogP contribution in [-0.4, -0.2) is 36.0 Å². The molecule has 1 aliphatic heterocycles. The maximum Gasteiger partial charge on any atom is 0.272 e. The average Bonchev–Trinajstić information content (AvgIpc) is 2.72. The molecule has 14 heavy (non-hydrogen) atoms. The number of hydrogen-bond acceptors (Lipinski definition) is 5. The molecule has 0 N–H and O–H groups in total. The largest absolute Gasteiger partial charge is 0.272 e. The number of piperidine rings is 1. The van der Waals surface area contributed by atoms with Gasteiger partial charge in [0.2, 0.25) is 4.34 Å². The second-order valence-electron chi connectivity index (χ2n) is 3.12. The van der Waals surface area contributed by atoms with Crippen molar-refractivity contribution in [2.45, 2.75) is 23.6 Å². The molecule has 2 heterocycles. The topological polar surface area (TPSA) is 63.2 Å². The summed E-state index contributed by atoms with van der Waals surface area (Å²) < 4.78 is 25.3. The van der Waals surface area contributed by atoms with E-state index >= 15 is 0 Å². The Kier molecular flexibility index (Phi) is 2.80. The molecular weight excluding hydrogens is 222 g/mol. The quantitative estimate of drug-likeness (QED) is 0.745. The van der Waals surface area contributed by atoms with Crippen LogP contribution in [0.2, 0.25) is 0 Å². The number of nitrogens with zero attached hydrogens (tertiary/aromatic N) is 3. The van der Waals surface area contributed by atoms with Crippen LogP contribution in [-0.2, 0) is 10.0 Å². The molecule has 77 valence electrons. The maximum absolute atomic E-state index is 11.9. The van der Waals surface area contributed by atoms with E-state index in [1.54, 1.807) is 0 Å². The molecule has 1 fully saturated rings. The van der Waals surface area contributed by atoms with Crippen LogP contribution in [0.1, 0.15) is 19.3 Å². The Morgan fingerprint density at radius 1 is 1.29 bits per heavy atom. The zero-order chi connectivity index (χ0) is 10.0. The first-order valence-electron chi connectivity index (χ1n) is 4.41. The van der Waals surface area contributed by atoms with Crippen LogP contribution in [0.4, 0.5) is 0 Å². The van der Waals surface area contributed by atoms with Gasteiger partial charge in [0.1, 0.15) is 0 Å². The van der Waals surface area contributed by atoms with Gasteiger partial charge in [-0.15, -0.1) is 10.2 Å². The number of sulfonamides is 1. The summed E-state index contributed by atoms with van der Waals surface area (Å²) >= 11 is 0.947. The van der Waals surface area contributed by atoms with Crippen molar-refractivity contribution in [2.75, 3.05) is 13.1 Å². The fourth-order valence-electron chi connectivity index (χ4n) is 1.46. The number of rotatable bonds is 2. The van der Waals surface area contributed by atoms with Crippen LogP contribution in [0.5, 0.6) is 0 Å². The van der Waals surface area contributed by atoms with Gasteiger partial charge in [-0.3, -0.25) is 0 Å². The molecule has 7 heteroatoms. The standard InChI is InChI=1S/C7H10N3O2S2/c11-14(12,7-9-8-6-13-7)10-4-2-1-3-5-10/h1-5H2. The Morgan fingerprint density at radius 2 is 2.00 bits per heavy atom. The van der Waals surface area contributed by atoms with E-state index in [0.717, 1.165) is 30.6 Å². The molecule has 0 aliphatic carbocycles. The van der Waals surface area contributed by atoms with Crippen LogP contribution in [0.25, 0.3) is 0 Å². The molecule has 0 saturated carbocycles. The highest BCUT2D eigenvalue weighted by molar-refractivity contribution is 7.91. The molecule has 0 bridgehead atoms. The van der Waals surface area contributed by atoms with E-state index in [-0.39, 0.29) is 4.34 Å². The van der Waals surface area contributed by atoms with Gasteiger partial charge in [0.15, 0.2) is 5.51 Å². The van der Waals surface area contributed by atoms with E-state index < -0.39 is 10.0 Å². The molecule has 0 aromatic carbocycles. The average molecular weight is 232 g/mol. The summed E-state index contributed by atoms with van der Waals surface area (Å²) in [5.41, 5.74) is 2.45. The first-order chi connectivity index (χ1) is 6.71. The summed E-state index contributed by atoms with van der Waals surface area (Å²) in [4.78, 5) is 0. The maximum atomic E-state index is 11.9. The Balaban J connectivity index is 2.23. The first kappa shape index (κ1) is 10.0. The zero-order valence-electron chi connectivity index (χ0n) is 7.51. The van der Waals surface area contributed by atoms with Crippen LogP contribution in [0.3, 0.4) is 0 Å². The highest BCUT2D eigenvalue weighted by Crippen LogP contribution is 2.20. The Morgan fingerprint density at radius 3 is 2.57 bits per heavy atom. The van der Waals surface area contributed by atoms with E-state index in [9.17, 15) is 8.42 Å². The smallest absolute Gasteiger partial charge is 0.204 e. The SMILES string of the molecule is O=S(=O)(c1nn[c]s1)N1CCCCC1. The molecule has 1 radical (unpaired) electrons. The first-order valence-corrected chi connectivity index (χ1v) is 6.66. The third-order valence-corrected chi connectivity index (χ3v) is 5.06. The summed E-state index contributed by atoms with van der Waals surface area (Å²) in [5.74, 6) is 0. The predicted octanol–water partition coefficient (Wildman–Crippen LogP) is 0.513. The lowest BCUT2D eigenvalue weighted by atomic mass is 10.2. The van der Waals surface area contributed by atoms with Crippen molar-refractivity contribution in [3.05, 3.63) is 5.51 Å². The molecule has 1 aliphatic rings. The molecule has 5 nitrogen and oxygen atoms in total. The lowest BCUT2D eigenvalue weighted by molar-refractivity contribution is 0.346. The zero-order valence-corrected chi connectivity index (χ0v) is 9.14. The summed E-state index contributed by atoms with van der Waals surface area (Å²) in [6, 6.07) is 0. The van der Waals surface area contributed by atoms with Crippen molar-refractivity contribution in [1.29, 1.82) is 0 Å². The molecule has 0 amide bonds. The van der Waals surface area contributed by atoms with Crippen molar-refractivity contribution < 1.29 is 8.42 Å². The molecule has 1 saturated heterocycles. The van der Waals surface area contributed by atoms with Gasteiger partial charge in [0.05, 0.1) is 0 Å². The minimum absolute atomic E-state index is 0.0550. The molecule has 1 aromatic rings. The molecule has 0 unspecified atom stereocenters. The minimum Gasteiger partial charge on any atom is -0.204 e. The van der Waals surface area contributed by atoms with Gasteiger partial charge in [0, 0.05) is 13.1 Å². The van der Waals surface area contributed by atoms with Gasteiger partial charge < -0.3 is 0 Å². The second-order valence-corrected chi connectivity index (χ2v) is 6.01. The summed E-state index contributed by atoms with van der Waals surface area (Å²) in [7, 11) is -3.37. The van der Waals surface area contributed by atoms with E-state index in [0.29, 0.717) is 13.1 Å². The second kappa shape index (κ2) is 3.92. The molecule has 2 rings (SSSR count). The lowest BCUT2D eigenvalue weighted by Crippen LogP contribution is -2.35. The third kappa shape index (κ3) is 1.79. The lowest BCUT2D eigenvalue weighted by Gasteiger charge is -2.24. The Hall–Kier alpha value is -0.530. The minimum atomic E-state index is -3.37. The van der Waals surface area contributed by atoms with Crippen molar-refractivity contribution in [2.24, 2.45) is 0 Å². The van der Waals surface area contributed by atoms with Crippen molar-refractivity contribution in [3.63, 3.8) is 0 Å². The van der Waals surface area contributed by atoms with E-state index in [2.05, 4.69) is 15.7 Å². The fourth-order valence-corrected chi connectivity index (χ4v) is 3.66. The molecular formula is C7H10N3O2S2. The molecule has 1 aromatic heterocycles. The van der Waals surface area contributed by atoms with Crippen LogP contribution in [0, 0.1) is 5.51 Å². The van der Waals surface area contributed by atoms with Crippen molar-refractivity contribution in [3.8, 4) is 0 Å². The Labute approximate surface area is 86.8 Å². The Bertz CT molecular complexity index is 381. The third-order valence-electron chi connectivity index (χ3n) is 2.18. The normalized spacial score (nSPS) is 19.7. The summed E-state index contributed by atoms with van der Waals surface area (Å²) in [6.07, 6.45) is 2.97. The number of hydrogen-bond donors (Lipinski definition) is 0. The van der Waals surface area contributed by atoms with Crippen LogP contribution in [0.15, 0.2) is 4.34 Å². The van der Waals surface area contributed by atoms with E-state index in [1.165, 1.54) is 4.31 Å². The summed E-state index contributed by atoms with van der Waals surface area (Å²) in [5, 5.41) is 6.97. The van der Waals surface area contributed by atoms with Crippen LogP contribution >= 0.6 is 11.3 Å². The highest BCUT2D eigenvalue weighted by atomic mass is 32.2.